The summed E-state index contributed by atoms with van der Waals surface area (Å²) in [6.07, 6.45) is 3.28. The molecule has 4 heteroatoms. The van der Waals surface area contributed by atoms with Crippen LogP contribution in [0.4, 0.5) is 0 Å². The van der Waals surface area contributed by atoms with Crippen molar-refractivity contribution in [2.45, 2.75) is 31.7 Å². The average molecular weight is 205 g/mol. The zero-order chi connectivity index (χ0) is 10.4. The number of nitrogens with zero attached hydrogens (tertiary/aromatic N) is 2. The first-order valence-electron chi connectivity index (χ1n) is 5.57. The van der Waals surface area contributed by atoms with E-state index < -0.39 is 0 Å². The molecule has 0 amide bonds. The SMILES string of the molecule is Cn1c(C2CC2)nc2c(c1=O)CNCC2. The molecule has 0 saturated heterocycles. The van der Waals surface area contributed by atoms with Crippen LogP contribution in [0, 0.1) is 0 Å². The minimum Gasteiger partial charge on any atom is -0.312 e. The van der Waals surface area contributed by atoms with Crippen LogP contribution >= 0.6 is 0 Å². The highest BCUT2D eigenvalue weighted by Gasteiger charge is 2.29. The van der Waals surface area contributed by atoms with Gasteiger partial charge >= 0.3 is 0 Å². The van der Waals surface area contributed by atoms with Crippen LogP contribution in [0.15, 0.2) is 4.79 Å². The second-order valence-corrected chi connectivity index (χ2v) is 4.46. The van der Waals surface area contributed by atoms with Crippen LogP contribution in [-0.4, -0.2) is 16.1 Å². The lowest BCUT2D eigenvalue weighted by molar-refractivity contribution is 0.590. The summed E-state index contributed by atoms with van der Waals surface area (Å²) in [5.74, 6) is 1.54. The van der Waals surface area contributed by atoms with Crippen LogP contribution in [-0.2, 0) is 20.0 Å². The van der Waals surface area contributed by atoms with E-state index in [4.69, 9.17) is 0 Å². The molecule has 0 atom stereocenters. The normalized spacial score (nSPS) is 20.1. The van der Waals surface area contributed by atoms with Crippen LogP contribution in [0.2, 0.25) is 0 Å². The lowest BCUT2D eigenvalue weighted by Gasteiger charge is -2.18. The van der Waals surface area contributed by atoms with Crippen molar-refractivity contribution in [3.8, 4) is 0 Å². The van der Waals surface area contributed by atoms with E-state index in [9.17, 15) is 4.79 Å². The fraction of sp³-hybridized carbons (Fsp3) is 0.636. The van der Waals surface area contributed by atoms with Crippen LogP contribution in [0.5, 0.6) is 0 Å². The third-order valence-corrected chi connectivity index (χ3v) is 3.29. The highest BCUT2D eigenvalue weighted by molar-refractivity contribution is 5.23. The fourth-order valence-corrected chi connectivity index (χ4v) is 2.22. The number of nitrogens with one attached hydrogen (secondary N) is 1. The van der Waals surface area contributed by atoms with E-state index in [-0.39, 0.29) is 5.56 Å². The highest BCUT2D eigenvalue weighted by atomic mass is 16.1. The molecular weight excluding hydrogens is 190 g/mol. The minimum absolute atomic E-state index is 0.147. The molecule has 1 aliphatic heterocycles. The van der Waals surface area contributed by atoms with Crippen molar-refractivity contribution in [1.29, 1.82) is 0 Å². The molecule has 15 heavy (non-hydrogen) atoms. The second kappa shape index (κ2) is 3.17. The van der Waals surface area contributed by atoms with Crippen molar-refractivity contribution in [1.82, 2.24) is 14.9 Å². The van der Waals surface area contributed by atoms with Gasteiger partial charge in [-0.15, -0.1) is 0 Å². The van der Waals surface area contributed by atoms with Gasteiger partial charge in [0, 0.05) is 32.5 Å². The van der Waals surface area contributed by atoms with Gasteiger partial charge in [-0.3, -0.25) is 9.36 Å². The van der Waals surface area contributed by atoms with E-state index in [1.165, 1.54) is 12.8 Å². The van der Waals surface area contributed by atoms with Gasteiger partial charge in [0.25, 0.3) is 5.56 Å². The summed E-state index contributed by atoms with van der Waals surface area (Å²) < 4.78 is 1.74. The van der Waals surface area contributed by atoms with Crippen molar-refractivity contribution < 1.29 is 0 Å². The van der Waals surface area contributed by atoms with E-state index in [1.807, 2.05) is 7.05 Å². The van der Waals surface area contributed by atoms with Crippen LogP contribution in [0.1, 0.15) is 35.8 Å². The quantitative estimate of drug-likeness (QED) is 0.717. The summed E-state index contributed by atoms with van der Waals surface area (Å²) in [5, 5.41) is 3.22. The van der Waals surface area contributed by atoms with E-state index in [2.05, 4.69) is 10.3 Å². The van der Waals surface area contributed by atoms with Crippen molar-refractivity contribution in [3.63, 3.8) is 0 Å². The average Bonchev–Trinajstić information content (AvgIpc) is 3.07. The smallest absolute Gasteiger partial charge is 0.258 e. The van der Waals surface area contributed by atoms with Crippen molar-refractivity contribution >= 4 is 0 Å². The summed E-state index contributed by atoms with van der Waals surface area (Å²) in [6.45, 7) is 1.62. The van der Waals surface area contributed by atoms with Gasteiger partial charge in [-0.25, -0.2) is 4.98 Å². The predicted octanol–water partition coefficient (Wildman–Crippen LogP) is 0.303. The Bertz CT molecular complexity index is 460. The maximum atomic E-state index is 12.0. The molecule has 1 aliphatic carbocycles. The summed E-state index contributed by atoms with van der Waals surface area (Å²) in [4.78, 5) is 16.7. The molecule has 3 rings (SSSR count). The van der Waals surface area contributed by atoms with Crippen LogP contribution < -0.4 is 10.9 Å². The molecule has 0 bridgehead atoms. The van der Waals surface area contributed by atoms with E-state index in [1.54, 1.807) is 4.57 Å². The zero-order valence-corrected chi connectivity index (χ0v) is 8.92. The molecule has 0 radical (unpaired) electrons. The first-order chi connectivity index (χ1) is 7.27. The Hall–Kier alpha value is -1.16. The molecule has 1 N–H and O–H groups in total. The summed E-state index contributed by atoms with van der Waals surface area (Å²) in [7, 11) is 1.85. The van der Waals surface area contributed by atoms with Gasteiger partial charge in [0.05, 0.1) is 11.3 Å². The number of fused-ring (bicyclic) bond motifs is 1. The standard InChI is InChI=1S/C11H15N3O/c1-14-10(7-2-3-7)13-9-4-5-12-6-8(9)11(14)15/h7,12H,2-6H2,1H3. The third-order valence-electron chi connectivity index (χ3n) is 3.29. The largest absolute Gasteiger partial charge is 0.312 e. The Morgan fingerprint density at radius 2 is 2.27 bits per heavy atom. The Balaban J connectivity index is 2.19. The van der Waals surface area contributed by atoms with Crippen molar-refractivity contribution in [3.05, 3.63) is 27.4 Å². The monoisotopic (exact) mass is 205 g/mol. The zero-order valence-electron chi connectivity index (χ0n) is 8.92. The fourth-order valence-electron chi connectivity index (χ4n) is 2.22. The molecule has 1 aromatic rings. The molecule has 2 aliphatic rings. The first kappa shape index (κ1) is 9.09. The minimum atomic E-state index is 0.147. The molecule has 0 aromatic carbocycles. The molecule has 0 unspecified atom stereocenters. The first-order valence-corrected chi connectivity index (χ1v) is 5.57. The summed E-state index contributed by atoms with van der Waals surface area (Å²) in [5.41, 5.74) is 2.04. The number of aromatic nitrogens is 2. The van der Waals surface area contributed by atoms with Gasteiger partial charge in [-0.2, -0.15) is 0 Å². The van der Waals surface area contributed by atoms with Gasteiger partial charge in [-0.05, 0) is 12.8 Å². The number of hydrogen-bond donors (Lipinski definition) is 1. The molecule has 0 spiro atoms. The Morgan fingerprint density at radius 1 is 1.47 bits per heavy atom. The van der Waals surface area contributed by atoms with Gasteiger partial charge in [0.1, 0.15) is 5.82 Å². The van der Waals surface area contributed by atoms with E-state index >= 15 is 0 Å². The Labute approximate surface area is 88.3 Å². The molecule has 80 valence electrons. The van der Waals surface area contributed by atoms with Gasteiger partial charge in [0.15, 0.2) is 0 Å². The van der Waals surface area contributed by atoms with Crippen LogP contribution in [0.3, 0.4) is 0 Å². The number of rotatable bonds is 1. The topological polar surface area (TPSA) is 46.9 Å². The lowest BCUT2D eigenvalue weighted by atomic mass is 10.1. The van der Waals surface area contributed by atoms with Gasteiger partial charge in [0.2, 0.25) is 0 Å². The maximum Gasteiger partial charge on any atom is 0.258 e. The second-order valence-electron chi connectivity index (χ2n) is 4.46. The van der Waals surface area contributed by atoms with Gasteiger partial charge in [-0.1, -0.05) is 0 Å². The van der Waals surface area contributed by atoms with E-state index in [0.29, 0.717) is 12.5 Å². The summed E-state index contributed by atoms with van der Waals surface area (Å²) in [6, 6.07) is 0. The van der Waals surface area contributed by atoms with Crippen molar-refractivity contribution in [2.75, 3.05) is 6.54 Å². The molecule has 1 fully saturated rings. The van der Waals surface area contributed by atoms with Gasteiger partial charge < -0.3 is 5.32 Å². The highest BCUT2D eigenvalue weighted by Crippen LogP contribution is 2.38. The maximum absolute atomic E-state index is 12.0. The number of hydrogen-bond acceptors (Lipinski definition) is 3. The summed E-state index contributed by atoms with van der Waals surface area (Å²) >= 11 is 0. The molecule has 1 aromatic heterocycles. The van der Waals surface area contributed by atoms with Crippen LogP contribution in [0.25, 0.3) is 0 Å². The third kappa shape index (κ3) is 1.40. The van der Waals surface area contributed by atoms with E-state index in [0.717, 1.165) is 30.0 Å². The predicted molar refractivity (Wildman–Crippen MR) is 56.9 cm³/mol. The molecule has 4 nitrogen and oxygen atoms in total. The van der Waals surface area contributed by atoms with Crippen molar-refractivity contribution in [2.24, 2.45) is 7.05 Å². The molecule has 2 heterocycles. The Kier molecular flexibility index (Phi) is 1.92. The molecular formula is C11H15N3O. The Morgan fingerprint density at radius 3 is 3.00 bits per heavy atom. The molecule has 1 saturated carbocycles. The lowest BCUT2D eigenvalue weighted by Crippen LogP contribution is -2.35.